The molecule has 0 aromatic heterocycles. The van der Waals surface area contributed by atoms with Crippen molar-refractivity contribution in [2.45, 2.75) is 57.5 Å². The van der Waals surface area contributed by atoms with E-state index >= 15 is 0 Å². The molecule has 2 fully saturated rings. The normalized spacial score (nSPS) is 26.1. The molecule has 1 aliphatic heterocycles. The lowest BCUT2D eigenvalue weighted by atomic mass is 10.1. The predicted molar refractivity (Wildman–Crippen MR) is 79.8 cm³/mol. The minimum Gasteiger partial charge on any atom is -0.480 e. The van der Waals surface area contributed by atoms with Gasteiger partial charge in [0.15, 0.2) is 0 Å². The van der Waals surface area contributed by atoms with Crippen LogP contribution in [0.1, 0.15) is 40.0 Å². The van der Waals surface area contributed by atoms with Crippen LogP contribution in [0, 0.1) is 5.92 Å². The zero-order valence-electron chi connectivity index (χ0n) is 12.4. The Kier molecular flexibility index (Phi) is 4.83. The van der Waals surface area contributed by atoms with Crippen molar-refractivity contribution in [3.05, 3.63) is 0 Å². The fraction of sp³-hybridized carbons (Fsp3) is 0.857. The second kappa shape index (κ2) is 6.24. The Morgan fingerprint density at radius 1 is 1.40 bits per heavy atom. The Morgan fingerprint density at radius 2 is 2.05 bits per heavy atom. The maximum absolute atomic E-state index is 12.8. The molecule has 2 atom stereocenters. The van der Waals surface area contributed by atoms with Gasteiger partial charge in [0.05, 0.1) is 5.37 Å². The summed E-state index contributed by atoms with van der Waals surface area (Å²) in [5.41, 5.74) is 0. The fourth-order valence-corrected chi connectivity index (χ4v) is 4.15. The molecular weight excluding hydrogens is 276 g/mol. The number of nitrogens with zero attached hydrogens (tertiary/aromatic N) is 2. The summed E-state index contributed by atoms with van der Waals surface area (Å²) in [7, 11) is 0. The minimum absolute atomic E-state index is 0.0262. The molecule has 20 heavy (non-hydrogen) atoms. The first-order chi connectivity index (χ1) is 9.47. The van der Waals surface area contributed by atoms with Crippen LogP contribution in [0.4, 0.5) is 4.79 Å². The van der Waals surface area contributed by atoms with Gasteiger partial charge >= 0.3 is 12.0 Å². The molecule has 1 heterocycles. The number of hydrogen-bond acceptors (Lipinski definition) is 3. The fourth-order valence-electron chi connectivity index (χ4n) is 2.68. The molecule has 1 saturated heterocycles. The first-order valence-corrected chi connectivity index (χ1v) is 8.45. The van der Waals surface area contributed by atoms with Crippen molar-refractivity contribution in [3.8, 4) is 0 Å². The molecule has 2 aliphatic rings. The largest absolute Gasteiger partial charge is 0.480 e. The van der Waals surface area contributed by atoms with E-state index in [1.54, 1.807) is 16.7 Å². The molecule has 1 N–H and O–H groups in total. The van der Waals surface area contributed by atoms with Gasteiger partial charge in [-0.15, -0.1) is 11.8 Å². The summed E-state index contributed by atoms with van der Waals surface area (Å²) in [6.07, 6.45) is 3.01. The van der Waals surface area contributed by atoms with E-state index in [-0.39, 0.29) is 17.3 Å². The van der Waals surface area contributed by atoms with E-state index in [9.17, 15) is 14.7 Å². The molecule has 2 unspecified atom stereocenters. The van der Waals surface area contributed by atoms with Gasteiger partial charge in [0, 0.05) is 18.3 Å². The Morgan fingerprint density at radius 3 is 2.50 bits per heavy atom. The molecule has 1 saturated carbocycles. The van der Waals surface area contributed by atoms with Crippen LogP contribution in [0.5, 0.6) is 0 Å². The van der Waals surface area contributed by atoms with Crippen LogP contribution in [0.15, 0.2) is 0 Å². The number of hydrogen-bond donors (Lipinski definition) is 1. The summed E-state index contributed by atoms with van der Waals surface area (Å²) >= 11 is 1.59. The van der Waals surface area contributed by atoms with Crippen molar-refractivity contribution in [1.82, 2.24) is 9.80 Å². The van der Waals surface area contributed by atoms with Crippen molar-refractivity contribution in [1.29, 1.82) is 0 Å². The van der Waals surface area contributed by atoms with Crippen molar-refractivity contribution < 1.29 is 14.7 Å². The number of aliphatic carboxylic acids is 1. The van der Waals surface area contributed by atoms with Crippen LogP contribution >= 0.6 is 11.8 Å². The van der Waals surface area contributed by atoms with Crippen LogP contribution in [0.2, 0.25) is 0 Å². The highest BCUT2D eigenvalue weighted by Crippen LogP contribution is 2.37. The second-order valence-corrected chi connectivity index (χ2v) is 7.09. The standard InChI is InChI=1S/C14H24N2O3S/c1-4-7-15(10-5-6-10)14(19)16-11(13(17)18)8-20-12(16)9(2)3/h9-12H,4-8H2,1-3H3,(H,17,18). The van der Waals surface area contributed by atoms with Gasteiger partial charge in [-0.2, -0.15) is 0 Å². The van der Waals surface area contributed by atoms with Gasteiger partial charge in [-0.05, 0) is 25.2 Å². The van der Waals surface area contributed by atoms with E-state index < -0.39 is 12.0 Å². The van der Waals surface area contributed by atoms with E-state index in [0.717, 1.165) is 25.8 Å². The van der Waals surface area contributed by atoms with Gasteiger partial charge in [-0.25, -0.2) is 9.59 Å². The number of carbonyl (C=O) groups excluding carboxylic acids is 1. The molecule has 0 spiro atoms. The highest BCUT2D eigenvalue weighted by Gasteiger charge is 2.46. The molecule has 5 nitrogen and oxygen atoms in total. The number of carbonyl (C=O) groups is 2. The lowest BCUT2D eigenvalue weighted by Crippen LogP contribution is -2.53. The summed E-state index contributed by atoms with van der Waals surface area (Å²) in [4.78, 5) is 27.7. The van der Waals surface area contributed by atoms with Crippen molar-refractivity contribution >= 4 is 23.8 Å². The van der Waals surface area contributed by atoms with Crippen molar-refractivity contribution in [2.75, 3.05) is 12.3 Å². The van der Waals surface area contributed by atoms with Gasteiger partial charge < -0.3 is 10.0 Å². The number of urea groups is 1. The molecule has 0 aromatic carbocycles. The summed E-state index contributed by atoms with van der Waals surface area (Å²) in [6.45, 7) is 6.87. The van der Waals surface area contributed by atoms with E-state index in [2.05, 4.69) is 6.92 Å². The van der Waals surface area contributed by atoms with E-state index in [4.69, 9.17) is 0 Å². The van der Waals surface area contributed by atoms with E-state index in [1.165, 1.54) is 0 Å². The summed E-state index contributed by atoms with van der Waals surface area (Å²) in [5, 5.41) is 9.35. The number of rotatable bonds is 5. The highest BCUT2D eigenvalue weighted by molar-refractivity contribution is 8.00. The number of amides is 2. The van der Waals surface area contributed by atoms with Crippen LogP contribution in [-0.4, -0.2) is 56.7 Å². The number of carboxylic acid groups (broad SMARTS) is 1. The van der Waals surface area contributed by atoms with Gasteiger partial charge in [0.1, 0.15) is 6.04 Å². The maximum atomic E-state index is 12.8. The molecule has 114 valence electrons. The van der Waals surface area contributed by atoms with E-state index in [0.29, 0.717) is 11.8 Å². The van der Waals surface area contributed by atoms with Crippen molar-refractivity contribution in [3.63, 3.8) is 0 Å². The van der Waals surface area contributed by atoms with E-state index in [1.807, 2.05) is 18.7 Å². The Hall–Kier alpha value is -0.910. The third kappa shape index (κ3) is 3.05. The smallest absolute Gasteiger partial charge is 0.327 e. The average Bonchev–Trinajstić information content (AvgIpc) is 3.11. The van der Waals surface area contributed by atoms with Crippen LogP contribution in [-0.2, 0) is 4.79 Å². The zero-order valence-corrected chi connectivity index (χ0v) is 13.2. The average molecular weight is 300 g/mol. The first-order valence-electron chi connectivity index (χ1n) is 7.40. The zero-order chi connectivity index (χ0) is 14.9. The molecule has 0 aromatic rings. The van der Waals surface area contributed by atoms with Gasteiger partial charge in [-0.3, -0.25) is 4.90 Å². The molecule has 2 rings (SSSR count). The molecular formula is C14H24N2O3S. The lowest BCUT2D eigenvalue weighted by Gasteiger charge is -2.35. The van der Waals surface area contributed by atoms with Gasteiger partial charge in [0.25, 0.3) is 0 Å². The van der Waals surface area contributed by atoms with Crippen LogP contribution in [0.25, 0.3) is 0 Å². The second-order valence-electron chi connectivity index (χ2n) is 5.94. The van der Waals surface area contributed by atoms with Crippen molar-refractivity contribution in [2.24, 2.45) is 5.92 Å². The topological polar surface area (TPSA) is 60.9 Å². The molecule has 0 radical (unpaired) electrons. The molecule has 0 bridgehead atoms. The van der Waals surface area contributed by atoms with Crippen LogP contribution < -0.4 is 0 Å². The maximum Gasteiger partial charge on any atom is 0.327 e. The minimum atomic E-state index is -0.888. The quantitative estimate of drug-likeness (QED) is 0.847. The van der Waals surface area contributed by atoms with Gasteiger partial charge in [0.2, 0.25) is 0 Å². The SMILES string of the molecule is CCCN(C(=O)N1C(C(=O)O)CSC1C(C)C)C1CC1. The summed E-state index contributed by atoms with van der Waals surface area (Å²) in [5.74, 6) is -0.133. The molecule has 1 aliphatic carbocycles. The Bertz CT molecular complexity index is 385. The Balaban J connectivity index is 2.19. The summed E-state index contributed by atoms with van der Waals surface area (Å²) < 4.78 is 0. The summed E-state index contributed by atoms with van der Waals surface area (Å²) in [6, 6.07) is -0.432. The third-order valence-electron chi connectivity index (χ3n) is 3.81. The predicted octanol–water partition coefficient (Wildman–Crippen LogP) is 2.46. The number of thioether (sulfide) groups is 1. The Labute approximate surface area is 124 Å². The highest BCUT2D eigenvalue weighted by atomic mass is 32.2. The van der Waals surface area contributed by atoms with Gasteiger partial charge in [-0.1, -0.05) is 20.8 Å². The molecule has 2 amide bonds. The molecule has 6 heteroatoms. The van der Waals surface area contributed by atoms with Crippen LogP contribution in [0.3, 0.4) is 0 Å². The number of carboxylic acids is 1. The monoisotopic (exact) mass is 300 g/mol. The lowest BCUT2D eigenvalue weighted by molar-refractivity contribution is -0.141. The third-order valence-corrected chi connectivity index (χ3v) is 5.43. The first kappa shape index (κ1) is 15.5.